The van der Waals surface area contributed by atoms with Crippen LogP contribution in [0, 0.1) is 0 Å². The molecule has 0 N–H and O–H groups in total. The first-order valence-electron chi connectivity index (χ1n) is 17.3. The molecule has 9 aromatic rings. The van der Waals surface area contributed by atoms with E-state index in [1.54, 1.807) is 11.3 Å². The lowest BCUT2D eigenvalue weighted by atomic mass is 10.00. The zero-order valence-electron chi connectivity index (χ0n) is 29.0. The van der Waals surface area contributed by atoms with Crippen molar-refractivity contribution in [1.82, 2.24) is 0 Å². The van der Waals surface area contributed by atoms with Crippen LogP contribution in [0.15, 0.2) is 168 Å². The molecule has 0 atom stereocenters. The number of rotatable bonds is 5. The second kappa shape index (κ2) is 10.5. The highest BCUT2D eigenvalue weighted by Gasteiger charge is 2.19. The van der Waals surface area contributed by atoms with Gasteiger partial charge in [0.25, 0.3) is 0 Å². The van der Waals surface area contributed by atoms with Crippen LogP contribution in [-0.2, 0) is 0 Å². The Morgan fingerprint density at radius 3 is 1.91 bits per heavy atom. The average molecular weight is 599 g/mol. The average Bonchev–Trinajstić information content (AvgIpc) is 3.73. The van der Waals surface area contributed by atoms with Gasteiger partial charge in [0.2, 0.25) is 0 Å². The minimum atomic E-state index is -0.393. The van der Waals surface area contributed by atoms with Gasteiger partial charge >= 0.3 is 0 Å². The maximum absolute atomic E-state index is 8.37. The number of fused-ring (bicyclic) bond motifs is 6. The van der Waals surface area contributed by atoms with E-state index in [1.807, 2.05) is 42.5 Å². The summed E-state index contributed by atoms with van der Waals surface area (Å²) in [5.74, 6) is 0. The van der Waals surface area contributed by atoms with Crippen molar-refractivity contribution < 1.29 is 11.3 Å². The van der Waals surface area contributed by atoms with E-state index in [1.165, 1.54) is 20.2 Å². The third kappa shape index (κ3) is 4.40. The molecule has 0 unspecified atom stereocenters. The van der Waals surface area contributed by atoms with E-state index in [-0.39, 0.29) is 29.7 Å². The van der Waals surface area contributed by atoms with Crippen LogP contribution >= 0.6 is 11.3 Å². The summed E-state index contributed by atoms with van der Waals surface area (Å²) in [6.07, 6.45) is 0. The van der Waals surface area contributed by atoms with Crippen molar-refractivity contribution in [1.29, 1.82) is 0 Å². The predicted molar refractivity (Wildman–Crippen MR) is 192 cm³/mol. The number of furan rings is 1. The molecule has 0 fully saturated rings. The van der Waals surface area contributed by atoms with Crippen molar-refractivity contribution >= 4 is 70.5 Å². The largest absolute Gasteiger partial charge is 0.456 e. The number of hydrogen-bond donors (Lipinski definition) is 0. The smallest absolute Gasteiger partial charge is 0.137 e. The number of nitrogens with zero attached hydrogens (tertiary/aromatic N) is 1. The second-order valence-electron chi connectivity index (χ2n) is 11.0. The third-order valence-corrected chi connectivity index (χ3v) is 9.59. The molecule has 2 heterocycles. The Labute approximate surface area is 272 Å². The van der Waals surface area contributed by atoms with E-state index >= 15 is 0 Å². The second-order valence-corrected chi connectivity index (χ2v) is 12.0. The van der Waals surface area contributed by atoms with E-state index in [4.69, 9.17) is 11.3 Å². The fourth-order valence-electron chi connectivity index (χ4n) is 6.22. The van der Waals surface area contributed by atoms with Crippen molar-refractivity contribution in [3.8, 4) is 22.3 Å². The van der Waals surface area contributed by atoms with E-state index in [0.717, 1.165) is 50.1 Å². The van der Waals surface area contributed by atoms with Gasteiger partial charge in [0.15, 0.2) is 0 Å². The summed E-state index contributed by atoms with van der Waals surface area (Å²) in [5, 5.41) is 4.62. The normalized spacial score (nSPS) is 13.1. The van der Waals surface area contributed by atoms with Crippen LogP contribution in [0.4, 0.5) is 17.1 Å². The highest BCUT2D eigenvalue weighted by molar-refractivity contribution is 7.26. The predicted octanol–water partition coefficient (Wildman–Crippen LogP) is 12.8. The van der Waals surface area contributed by atoms with Gasteiger partial charge in [0, 0.05) is 43.7 Å². The zero-order valence-corrected chi connectivity index (χ0v) is 24.8. The van der Waals surface area contributed by atoms with Crippen LogP contribution in [-0.4, -0.2) is 0 Å². The van der Waals surface area contributed by atoms with Crippen LogP contribution in [0.3, 0.4) is 0 Å². The Bertz CT molecular complexity index is 2740. The highest BCUT2D eigenvalue weighted by Crippen LogP contribution is 2.45. The molecular weight excluding hydrogens is 567 g/mol. The Kier molecular flexibility index (Phi) is 4.94. The number of para-hydroxylation sites is 1. The minimum Gasteiger partial charge on any atom is -0.456 e. The number of thiophene rings is 1. The summed E-state index contributed by atoms with van der Waals surface area (Å²) in [7, 11) is 0. The van der Waals surface area contributed by atoms with Crippen LogP contribution in [0.25, 0.3) is 64.4 Å². The fraction of sp³-hybridized carbons (Fsp3) is 0. The van der Waals surface area contributed by atoms with E-state index in [2.05, 4.69) is 95.9 Å². The lowest BCUT2D eigenvalue weighted by Gasteiger charge is -2.26. The molecule has 7 aromatic carbocycles. The minimum absolute atomic E-state index is 0.199. The number of hydrogen-bond acceptors (Lipinski definition) is 3. The quantitative estimate of drug-likeness (QED) is 0.196. The molecule has 0 saturated carbocycles. The molecule has 0 aliphatic heterocycles. The van der Waals surface area contributed by atoms with Crippen LogP contribution < -0.4 is 4.90 Å². The van der Waals surface area contributed by atoms with Gasteiger partial charge in [-0.25, -0.2) is 0 Å². The Hall–Kier alpha value is -5.64. The molecule has 0 bridgehead atoms. The molecule has 0 amide bonds. The van der Waals surface area contributed by atoms with Crippen molar-refractivity contribution in [3.63, 3.8) is 0 Å². The molecule has 9 rings (SSSR count). The maximum atomic E-state index is 8.37. The molecule has 0 saturated heterocycles. The SMILES string of the molecule is [2H]c1c([2H])c([2H])c(-c2ccc(-c3ccc(N(c4ccc5c(c4)oc4ccccc45)c4cccc5c4sc4ccccc45)cc3)cc2)c([2H])c1[2H]. The number of benzene rings is 7. The van der Waals surface area contributed by atoms with Crippen molar-refractivity contribution in [3.05, 3.63) is 164 Å². The first-order valence-corrected chi connectivity index (χ1v) is 15.6. The molecular formula is C42H27NOS. The Morgan fingerprint density at radius 2 is 1.11 bits per heavy atom. The van der Waals surface area contributed by atoms with E-state index < -0.39 is 6.04 Å². The fourth-order valence-corrected chi connectivity index (χ4v) is 7.42. The molecule has 212 valence electrons. The molecule has 2 nitrogen and oxygen atoms in total. The van der Waals surface area contributed by atoms with E-state index in [0.29, 0.717) is 5.56 Å². The molecule has 0 aliphatic carbocycles. The summed E-state index contributed by atoms with van der Waals surface area (Å²) in [6, 6.07) is 44.0. The van der Waals surface area contributed by atoms with Gasteiger partial charge in [-0.05, 0) is 64.7 Å². The topological polar surface area (TPSA) is 16.4 Å². The Morgan fingerprint density at radius 1 is 0.489 bits per heavy atom. The molecule has 3 heteroatoms. The summed E-state index contributed by atoms with van der Waals surface area (Å²) in [4.78, 5) is 2.29. The lowest BCUT2D eigenvalue weighted by Crippen LogP contribution is -2.10. The van der Waals surface area contributed by atoms with Crippen molar-refractivity contribution in [2.24, 2.45) is 0 Å². The van der Waals surface area contributed by atoms with Gasteiger partial charge in [-0.1, -0.05) is 115 Å². The summed E-state index contributed by atoms with van der Waals surface area (Å²) >= 11 is 1.79. The van der Waals surface area contributed by atoms with Crippen molar-refractivity contribution in [2.45, 2.75) is 0 Å². The standard InChI is InChI=1S/C42H27NOS/c1-2-9-28(10-3-1)29-17-19-30(20-18-29)31-21-23-32(24-22-31)43(33-25-26-35-34-11-4-6-15-39(34)44-40(35)27-33)38-14-8-13-37-36-12-5-7-16-41(36)45-42(37)38/h1-27H/i1D,2D,3D,9D,10D. The summed E-state index contributed by atoms with van der Waals surface area (Å²) in [6.45, 7) is 0. The lowest BCUT2D eigenvalue weighted by molar-refractivity contribution is 0.669. The summed E-state index contributed by atoms with van der Waals surface area (Å²) < 4.78 is 49.5. The van der Waals surface area contributed by atoms with E-state index in [9.17, 15) is 0 Å². The van der Waals surface area contributed by atoms with Crippen LogP contribution in [0.2, 0.25) is 0 Å². The monoisotopic (exact) mass is 598 g/mol. The molecule has 0 aliphatic rings. The van der Waals surface area contributed by atoms with Gasteiger partial charge in [-0.15, -0.1) is 11.3 Å². The maximum Gasteiger partial charge on any atom is 0.137 e. The van der Waals surface area contributed by atoms with Gasteiger partial charge in [-0.3, -0.25) is 0 Å². The third-order valence-electron chi connectivity index (χ3n) is 8.38. The summed E-state index contributed by atoms with van der Waals surface area (Å²) in [5.41, 5.74) is 7.46. The first-order chi connectivity index (χ1) is 24.4. The van der Waals surface area contributed by atoms with Crippen LogP contribution in [0.5, 0.6) is 0 Å². The molecule has 0 radical (unpaired) electrons. The molecule has 45 heavy (non-hydrogen) atoms. The zero-order chi connectivity index (χ0) is 34.1. The highest BCUT2D eigenvalue weighted by atomic mass is 32.1. The molecule has 0 spiro atoms. The van der Waals surface area contributed by atoms with Crippen LogP contribution in [0.1, 0.15) is 6.85 Å². The van der Waals surface area contributed by atoms with Gasteiger partial charge in [-0.2, -0.15) is 0 Å². The van der Waals surface area contributed by atoms with Gasteiger partial charge in [0.1, 0.15) is 11.2 Å². The Balaban J connectivity index is 1.15. The van der Waals surface area contributed by atoms with Gasteiger partial charge in [0.05, 0.1) is 17.2 Å². The van der Waals surface area contributed by atoms with Crippen molar-refractivity contribution in [2.75, 3.05) is 4.90 Å². The van der Waals surface area contributed by atoms with Gasteiger partial charge < -0.3 is 9.32 Å². The molecule has 2 aromatic heterocycles. The first kappa shape index (κ1) is 21.1. The number of anilines is 3.